The summed E-state index contributed by atoms with van der Waals surface area (Å²) in [6.45, 7) is 5.94. The summed E-state index contributed by atoms with van der Waals surface area (Å²) in [5.41, 5.74) is 7.97. The van der Waals surface area contributed by atoms with Gasteiger partial charge in [-0.3, -0.25) is 0 Å². The number of quaternary nitrogens is 1. The lowest BCUT2D eigenvalue weighted by molar-refractivity contribution is -0.912. The zero-order valence-corrected chi connectivity index (χ0v) is 18.0. The second-order valence-corrected chi connectivity index (χ2v) is 7.75. The molecule has 0 aliphatic carbocycles. The van der Waals surface area contributed by atoms with Crippen LogP contribution in [0, 0.1) is 0 Å². The summed E-state index contributed by atoms with van der Waals surface area (Å²) >= 11 is 0. The van der Waals surface area contributed by atoms with Crippen molar-refractivity contribution in [2.24, 2.45) is 0 Å². The summed E-state index contributed by atoms with van der Waals surface area (Å²) in [6, 6.07) is 9.10. The van der Waals surface area contributed by atoms with Gasteiger partial charge in [0.05, 0.1) is 27.2 Å². The molecule has 1 unspecified atom stereocenters. The molecule has 1 aromatic rings. The molecular weight excluding hydrogens is 409 g/mol. The number of rotatable bonds is 9. The molecule has 1 saturated heterocycles. The van der Waals surface area contributed by atoms with E-state index in [2.05, 4.69) is 38.1 Å². The largest absolute Gasteiger partial charge is 1.00 e. The zero-order valence-electron chi connectivity index (χ0n) is 15.8. The highest BCUT2D eigenvalue weighted by molar-refractivity contribution is 5.53. The average Bonchev–Trinajstić information content (AvgIpc) is 3.02. The van der Waals surface area contributed by atoms with E-state index < -0.39 is 0 Å². The molecule has 0 radical (unpaired) electrons. The van der Waals surface area contributed by atoms with Crippen molar-refractivity contribution in [2.75, 3.05) is 44.4 Å². The van der Waals surface area contributed by atoms with Crippen LogP contribution >= 0.6 is 0 Å². The van der Waals surface area contributed by atoms with Crippen LogP contribution in [-0.2, 0) is 0 Å². The monoisotopic (exact) mass is 445 g/mol. The highest BCUT2D eigenvalue weighted by Crippen LogP contribution is 2.26. The second kappa shape index (κ2) is 10.5. The quantitative estimate of drug-likeness (QED) is 0.269. The molecule has 1 aromatic carbocycles. The number of nitrogen functional groups attached to an aromatic ring is 1. The number of benzene rings is 1. The van der Waals surface area contributed by atoms with Crippen LogP contribution in [0.25, 0.3) is 0 Å². The van der Waals surface area contributed by atoms with Gasteiger partial charge in [-0.05, 0) is 37.1 Å². The van der Waals surface area contributed by atoms with Crippen molar-refractivity contribution in [3.05, 3.63) is 24.3 Å². The number of unbranched alkanes of at least 4 members (excludes halogenated alkanes) is 5. The molecule has 0 bridgehead atoms. The van der Waals surface area contributed by atoms with Crippen LogP contribution in [0.2, 0.25) is 0 Å². The topological polar surface area (TPSA) is 29.3 Å². The van der Waals surface area contributed by atoms with Crippen molar-refractivity contribution < 1.29 is 28.5 Å². The van der Waals surface area contributed by atoms with E-state index in [1.54, 1.807) is 0 Å². The van der Waals surface area contributed by atoms with Crippen LogP contribution in [0.3, 0.4) is 0 Å². The molecule has 1 fully saturated rings. The molecule has 0 spiro atoms. The van der Waals surface area contributed by atoms with Gasteiger partial charge in [-0.2, -0.15) is 0 Å². The Bertz CT molecular complexity index is 458. The minimum Gasteiger partial charge on any atom is -1.00 e. The Labute approximate surface area is 166 Å². The molecule has 2 N–H and O–H groups in total. The Morgan fingerprint density at radius 3 is 2.33 bits per heavy atom. The molecule has 1 atom stereocenters. The maximum absolute atomic E-state index is 5.80. The van der Waals surface area contributed by atoms with Gasteiger partial charge in [0, 0.05) is 24.3 Å². The Kier molecular flexibility index (Phi) is 9.42. The van der Waals surface area contributed by atoms with E-state index in [0.717, 1.165) is 11.7 Å². The minimum absolute atomic E-state index is 0. The lowest BCUT2D eigenvalue weighted by Crippen LogP contribution is -3.00. The fraction of sp³-hybridized carbons (Fsp3) is 0.700. The van der Waals surface area contributed by atoms with Crippen LogP contribution in [0.4, 0.5) is 11.4 Å². The fourth-order valence-corrected chi connectivity index (χ4v) is 3.71. The molecule has 138 valence electrons. The molecule has 1 aliphatic heterocycles. The maximum atomic E-state index is 5.80. The van der Waals surface area contributed by atoms with Crippen molar-refractivity contribution in [3.63, 3.8) is 0 Å². The van der Waals surface area contributed by atoms with E-state index in [1.165, 1.54) is 74.8 Å². The van der Waals surface area contributed by atoms with Crippen LogP contribution in [-0.4, -0.2) is 44.3 Å². The van der Waals surface area contributed by atoms with Gasteiger partial charge in [0.15, 0.2) is 0 Å². The standard InChI is InChI=1S/C20H36N3.HI/c1-4-5-6-7-8-9-16-23(2,3)20-14-15-22(17-20)19-12-10-18(21)11-13-19;/h10-13,20H,4-9,14-17,21H2,1-3H3;1H/q+1;/p-1. The molecular formula is C20H36IN3. The first kappa shape index (κ1) is 21.6. The summed E-state index contributed by atoms with van der Waals surface area (Å²) in [5.74, 6) is 0. The number of nitrogens with zero attached hydrogens (tertiary/aromatic N) is 2. The lowest BCUT2D eigenvalue weighted by Gasteiger charge is -2.36. The average molecular weight is 445 g/mol. The van der Waals surface area contributed by atoms with Gasteiger partial charge < -0.3 is 39.1 Å². The van der Waals surface area contributed by atoms with Crippen molar-refractivity contribution >= 4 is 11.4 Å². The third-order valence-electron chi connectivity index (χ3n) is 5.50. The summed E-state index contributed by atoms with van der Waals surface area (Å²) in [7, 11) is 4.84. The molecule has 0 saturated carbocycles. The maximum Gasteiger partial charge on any atom is 0.108 e. The number of hydrogen-bond donors (Lipinski definition) is 1. The van der Waals surface area contributed by atoms with E-state index in [1.807, 2.05) is 12.1 Å². The van der Waals surface area contributed by atoms with Crippen LogP contribution in [0.15, 0.2) is 24.3 Å². The van der Waals surface area contributed by atoms with Gasteiger partial charge in [-0.25, -0.2) is 0 Å². The second-order valence-electron chi connectivity index (χ2n) is 7.75. The number of nitrogens with two attached hydrogens (primary N) is 1. The van der Waals surface area contributed by atoms with E-state index in [4.69, 9.17) is 5.73 Å². The third kappa shape index (κ3) is 6.43. The number of anilines is 2. The number of halogens is 1. The summed E-state index contributed by atoms with van der Waals surface area (Å²) < 4.78 is 1.17. The van der Waals surface area contributed by atoms with Crippen LogP contribution in [0.5, 0.6) is 0 Å². The first-order valence-electron chi connectivity index (χ1n) is 9.46. The van der Waals surface area contributed by atoms with E-state index in [0.29, 0.717) is 0 Å². The van der Waals surface area contributed by atoms with E-state index in [9.17, 15) is 0 Å². The summed E-state index contributed by atoms with van der Waals surface area (Å²) in [4.78, 5) is 2.52. The van der Waals surface area contributed by atoms with E-state index >= 15 is 0 Å². The molecule has 1 heterocycles. The molecule has 2 rings (SSSR count). The Balaban J connectivity index is 0.00000288. The predicted octanol–water partition coefficient (Wildman–Crippen LogP) is 1.29. The van der Waals surface area contributed by atoms with Gasteiger partial charge >= 0.3 is 0 Å². The molecule has 0 aromatic heterocycles. The van der Waals surface area contributed by atoms with Gasteiger partial charge in [0.1, 0.15) is 6.04 Å². The first-order chi connectivity index (χ1) is 11.0. The molecule has 1 aliphatic rings. The van der Waals surface area contributed by atoms with Crippen molar-refractivity contribution in [1.82, 2.24) is 0 Å². The minimum atomic E-state index is 0. The predicted molar refractivity (Wildman–Crippen MR) is 102 cm³/mol. The zero-order chi connectivity index (χ0) is 16.7. The Morgan fingerprint density at radius 1 is 1.04 bits per heavy atom. The van der Waals surface area contributed by atoms with E-state index in [-0.39, 0.29) is 24.0 Å². The SMILES string of the molecule is CCCCCCCC[N+](C)(C)C1CCN(c2ccc(N)cc2)C1.[I-]. The first-order valence-corrected chi connectivity index (χ1v) is 9.46. The molecule has 0 amide bonds. The highest BCUT2D eigenvalue weighted by Gasteiger charge is 2.34. The van der Waals surface area contributed by atoms with Gasteiger partial charge in [0.2, 0.25) is 0 Å². The third-order valence-corrected chi connectivity index (χ3v) is 5.50. The summed E-state index contributed by atoms with van der Waals surface area (Å²) in [5, 5.41) is 0. The summed E-state index contributed by atoms with van der Waals surface area (Å²) in [6.07, 6.45) is 9.63. The van der Waals surface area contributed by atoms with Crippen molar-refractivity contribution in [3.8, 4) is 0 Å². The smallest absolute Gasteiger partial charge is 0.108 e. The van der Waals surface area contributed by atoms with Gasteiger partial charge in [-0.15, -0.1) is 0 Å². The number of hydrogen-bond acceptors (Lipinski definition) is 2. The molecule has 24 heavy (non-hydrogen) atoms. The fourth-order valence-electron chi connectivity index (χ4n) is 3.71. The molecule has 4 heteroatoms. The van der Waals surface area contributed by atoms with Crippen molar-refractivity contribution in [2.45, 2.75) is 57.9 Å². The Hall–Kier alpha value is -0.490. The normalized spacial score (nSPS) is 17.8. The van der Waals surface area contributed by atoms with Crippen molar-refractivity contribution in [1.29, 1.82) is 0 Å². The molecule has 3 nitrogen and oxygen atoms in total. The van der Waals surface area contributed by atoms with Gasteiger partial charge in [-0.1, -0.05) is 32.6 Å². The Morgan fingerprint density at radius 2 is 1.67 bits per heavy atom. The van der Waals surface area contributed by atoms with Gasteiger partial charge in [0.25, 0.3) is 0 Å². The highest BCUT2D eigenvalue weighted by atomic mass is 127. The lowest BCUT2D eigenvalue weighted by atomic mass is 10.1. The van der Waals surface area contributed by atoms with Crippen LogP contribution < -0.4 is 34.6 Å². The van der Waals surface area contributed by atoms with Crippen LogP contribution in [0.1, 0.15) is 51.9 Å². The number of likely N-dealkylation sites (N-methyl/N-ethyl adjacent to an activating group) is 1.